The first-order valence-electron chi connectivity index (χ1n) is 12.4. The summed E-state index contributed by atoms with van der Waals surface area (Å²) < 4.78 is 80.6. The van der Waals surface area contributed by atoms with Crippen LogP contribution in [0.3, 0.4) is 0 Å². The number of aromatic nitrogens is 1. The molecule has 6 rings (SSSR count). The van der Waals surface area contributed by atoms with Gasteiger partial charge in [0.05, 0.1) is 18.4 Å². The number of fused-ring (bicyclic) bond motifs is 3. The van der Waals surface area contributed by atoms with Gasteiger partial charge >= 0.3 is 6.18 Å². The van der Waals surface area contributed by atoms with Crippen LogP contribution in [0.4, 0.5) is 22.0 Å². The molecule has 1 aliphatic rings. The standard InChI is InChI=1S/C30H21F5N2O3/c1-39-19-6-7-24-22(15-19)20-10-11-37(29(38)16-12-17(31)14-18(32)13-16)28(27(20)36-24)26-9-8-25(40-26)21-4-2-3-5-23(21)30(33,34)35/h2-9,12-15,28,36H,10-11H2,1H3/t28-/m0/s1. The molecule has 0 saturated heterocycles. The van der Waals surface area contributed by atoms with Crippen molar-refractivity contribution in [3.8, 4) is 17.1 Å². The third-order valence-electron chi connectivity index (χ3n) is 7.10. The van der Waals surface area contributed by atoms with Crippen LogP contribution in [0, 0.1) is 11.6 Å². The smallest absolute Gasteiger partial charge is 0.417 e. The molecule has 2 aromatic heterocycles. The van der Waals surface area contributed by atoms with Crippen molar-refractivity contribution in [1.82, 2.24) is 9.88 Å². The van der Waals surface area contributed by atoms with Crippen molar-refractivity contribution in [2.75, 3.05) is 13.7 Å². The Hall–Kier alpha value is -4.60. The number of methoxy groups -OCH3 is 1. The van der Waals surface area contributed by atoms with Gasteiger partial charge in [-0.05, 0) is 60.5 Å². The number of carbonyl (C=O) groups excluding carboxylic acids is 1. The van der Waals surface area contributed by atoms with E-state index in [9.17, 15) is 26.7 Å². The largest absolute Gasteiger partial charge is 0.497 e. The van der Waals surface area contributed by atoms with Crippen molar-refractivity contribution in [2.45, 2.75) is 18.6 Å². The number of rotatable bonds is 4. The van der Waals surface area contributed by atoms with Crippen LogP contribution in [0.25, 0.3) is 22.2 Å². The van der Waals surface area contributed by atoms with E-state index in [-0.39, 0.29) is 29.2 Å². The molecule has 3 heterocycles. The molecule has 5 nitrogen and oxygen atoms in total. The molecule has 0 bridgehead atoms. The summed E-state index contributed by atoms with van der Waals surface area (Å²) in [7, 11) is 1.55. The lowest BCUT2D eigenvalue weighted by Gasteiger charge is -2.35. The third-order valence-corrected chi connectivity index (χ3v) is 7.10. The minimum atomic E-state index is -4.61. The second kappa shape index (κ2) is 9.55. The van der Waals surface area contributed by atoms with E-state index in [4.69, 9.17) is 9.15 Å². The predicted molar refractivity (Wildman–Crippen MR) is 137 cm³/mol. The lowest BCUT2D eigenvalue weighted by atomic mass is 9.95. The number of nitrogens with one attached hydrogen (secondary N) is 1. The van der Waals surface area contributed by atoms with Crippen molar-refractivity contribution >= 4 is 16.8 Å². The quantitative estimate of drug-likeness (QED) is 0.235. The molecule has 0 aliphatic carbocycles. The Morgan fingerprint density at radius 1 is 1.00 bits per heavy atom. The van der Waals surface area contributed by atoms with E-state index in [0.717, 1.165) is 34.7 Å². The number of H-pyrrole nitrogens is 1. The molecular weight excluding hydrogens is 531 g/mol. The molecular formula is C30H21F5N2O3. The maximum Gasteiger partial charge on any atom is 0.417 e. The minimum absolute atomic E-state index is 0.0305. The van der Waals surface area contributed by atoms with Crippen LogP contribution in [0.2, 0.25) is 0 Å². The summed E-state index contributed by atoms with van der Waals surface area (Å²) >= 11 is 0. The van der Waals surface area contributed by atoms with E-state index in [1.807, 2.05) is 12.1 Å². The number of halogens is 5. The molecule has 0 spiro atoms. The van der Waals surface area contributed by atoms with Crippen molar-refractivity contribution in [3.63, 3.8) is 0 Å². The number of hydrogen-bond acceptors (Lipinski definition) is 3. The summed E-state index contributed by atoms with van der Waals surface area (Å²) in [6.45, 7) is 0.161. The van der Waals surface area contributed by atoms with Crippen molar-refractivity contribution in [2.24, 2.45) is 0 Å². The lowest BCUT2D eigenvalue weighted by Crippen LogP contribution is -2.40. The summed E-state index contributed by atoms with van der Waals surface area (Å²) in [6.07, 6.45) is -4.20. The number of ether oxygens (including phenoxy) is 1. The molecule has 1 atom stereocenters. The Kier molecular flexibility index (Phi) is 6.13. The zero-order chi connectivity index (χ0) is 28.2. The Morgan fingerprint density at radius 3 is 2.48 bits per heavy atom. The number of benzene rings is 3. The van der Waals surface area contributed by atoms with Crippen LogP contribution >= 0.6 is 0 Å². The van der Waals surface area contributed by atoms with Gasteiger partial charge in [-0.2, -0.15) is 13.2 Å². The van der Waals surface area contributed by atoms with Crippen molar-refractivity contribution in [1.29, 1.82) is 0 Å². The van der Waals surface area contributed by atoms with Gasteiger partial charge in [0.25, 0.3) is 5.91 Å². The summed E-state index contributed by atoms with van der Waals surface area (Å²) in [5.41, 5.74) is 1.02. The number of alkyl halides is 3. The molecule has 204 valence electrons. The Morgan fingerprint density at radius 2 is 1.75 bits per heavy atom. The zero-order valence-corrected chi connectivity index (χ0v) is 21.0. The zero-order valence-electron chi connectivity index (χ0n) is 21.0. The molecule has 3 aromatic carbocycles. The molecule has 40 heavy (non-hydrogen) atoms. The van der Waals surface area contributed by atoms with Crippen molar-refractivity contribution in [3.05, 3.63) is 113 Å². The van der Waals surface area contributed by atoms with Gasteiger partial charge in [-0.25, -0.2) is 8.78 Å². The van der Waals surface area contributed by atoms with Gasteiger partial charge < -0.3 is 19.0 Å². The van der Waals surface area contributed by atoms with Gasteiger partial charge in [0, 0.05) is 34.6 Å². The second-order valence-corrected chi connectivity index (χ2v) is 9.48. The summed E-state index contributed by atoms with van der Waals surface area (Å²) in [6, 6.07) is 15.1. The number of amides is 1. The highest BCUT2D eigenvalue weighted by atomic mass is 19.4. The highest BCUT2D eigenvalue weighted by Gasteiger charge is 2.38. The number of hydrogen-bond donors (Lipinski definition) is 1. The van der Waals surface area contributed by atoms with Crippen LogP contribution < -0.4 is 4.74 Å². The lowest BCUT2D eigenvalue weighted by molar-refractivity contribution is -0.137. The monoisotopic (exact) mass is 552 g/mol. The van der Waals surface area contributed by atoms with E-state index in [1.165, 1.54) is 35.2 Å². The number of nitrogens with zero attached hydrogens (tertiary/aromatic N) is 1. The highest BCUT2D eigenvalue weighted by Crippen LogP contribution is 2.43. The average Bonchev–Trinajstić information content (AvgIpc) is 3.56. The Bertz CT molecular complexity index is 1730. The Balaban J connectivity index is 1.50. The van der Waals surface area contributed by atoms with Gasteiger partial charge in [0.2, 0.25) is 0 Å². The fourth-order valence-electron chi connectivity index (χ4n) is 5.34. The SMILES string of the molecule is COc1ccc2[nH]c3c(c2c1)CCN(C(=O)c1cc(F)cc(F)c1)[C@H]3c1ccc(-c2ccccc2C(F)(F)F)o1. The van der Waals surface area contributed by atoms with Crippen LogP contribution in [0.1, 0.15) is 39.0 Å². The molecule has 1 aliphatic heterocycles. The summed E-state index contributed by atoms with van der Waals surface area (Å²) in [4.78, 5) is 18.4. The molecule has 1 amide bonds. The van der Waals surface area contributed by atoms with Gasteiger partial charge in [-0.15, -0.1) is 0 Å². The van der Waals surface area contributed by atoms with Gasteiger partial charge in [0.1, 0.15) is 34.9 Å². The van der Waals surface area contributed by atoms with E-state index < -0.39 is 35.3 Å². The molecule has 0 saturated carbocycles. The van der Waals surface area contributed by atoms with E-state index in [2.05, 4.69) is 4.98 Å². The topological polar surface area (TPSA) is 58.5 Å². The highest BCUT2D eigenvalue weighted by molar-refractivity contribution is 5.95. The van der Waals surface area contributed by atoms with Crippen LogP contribution in [-0.2, 0) is 12.6 Å². The maximum atomic E-state index is 14.0. The minimum Gasteiger partial charge on any atom is -0.497 e. The first-order chi connectivity index (χ1) is 19.1. The van der Waals surface area contributed by atoms with Crippen LogP contribution in [0.5, 0.6) is 5.75 Å². The van der Waals surface area contributed by atoms with Gasteiger partial charge in [-0.1, -0.05) is 18.2 Å². The van der Waals surface area contributed by atoms with Gasteiger partial charge in [0.15, 0.2) is 0 Å². The fraction of sp³-hybridized carbons (Fsp3) is 0.167. The summed E-state index contributed by atoms with van der Waals surface area (Å²) in [5, 5.41) is 0.859. The molecule has 0 fully saturated rings. The Labute approximate surface area is 224 Å². The second-order valence-electron chi connectivity index (χ2n) is 9.48. The number of aromatic amines is 1. The number of carbonyl (C=O) groups is 1. The normalized spacial score (nSPS) is 15.3. The van der Waals surface area contributed by atoms with Crippen LogP contribution in [0.15, 0.2) is 77.2 Å². The average molecular weight is 552 g/mol. The van der Waals surface area contributed by atoms with E-state index in [1.54, 1.807) is 13.2 Å². The van der Waals surface area contributed by atoms with E-state index >= 15 is 0 Å². The van der Waals surface area contributed by atoms with Gasteiger partial charge in [-0.3, -0.25) is 4.79 Å². The number of furan rings is 1. The predicted octanol–water partition coefficient (Wildman–Crippen LogP) is 7.52. The molecule has 10 heteroatoms. The summed E-state index contributed by atoms with van der Waals surface area (Å²) in [5.74, 6) is -1.67. The molecule has 0 radical (unpaired) electrons. The molecule has 0 unspecified atom stereocenters. The first-order valence-corrected chi connectivity index (χ1v) is 12.4. The molecule has 5 aromatic rings. The fourth-order valence-corrected chi connectivity index (χ4v) is 5.34. The van der Waals surface area contributed by atoms with Crippen molar-refractivity contribution < 1.29 is 35.9 Å². The van der Waals surface area contributed by atoms with Crippen LogP contribution in [-0.4, -0.2) is 29.4 Å². The van der Waals surface area contributed by atoms with E-state index in [0.29, 0.717) is 23.9 Å². The molecule has 1 N–H and O–H groups in total. The third kappa shape index (κ3) is 4.39. The maximum absolute atomic E-state index is 14.0. The first kappa shape index (κ1) is 25.7.